The van der Waals surface area contributed by atoms with E-state index in [1.54, 1.807) is 19.1 Å². The molecular weight excluding hydrogens is 334 g/mol. The number of nitrogens with two attached hydrogens (primary N) is 1. The normalized spacial score (nSPS) is 12.3. The van der Waals surface area contributed by atoms with Crippen molar-refractivity contribution in [1.82, 2.24) is 4.98 Å². The van der Waals surface area contributed by atoms with E-state index in [0.717, 1.165) is 5.56 Å². The molecule has 2 rings (SSSR count). The molecule has 0 saturated carbocycles. The predicted octanol–water partition coefficient (Wildman–Crippen LogP) is 1.21. The second-order valence-corrected chi connectivity index (χ2v) is 8.80. The van der Waals surface area contributed by atoms with Gasteiger partial charge < -0.3 is 0 Å². The SMILES string of the molecule is Cc1cccc(S(=O)(=O)Nc2nc(C)c(S(N)(=O)=O)s2)c1. The molecule has 0 amide bonds. The van der Waals surface area contributed by atoms with E-state index in [4.69, 9.17) is 5.14 Å². The molecule has 1 aromatic carbocycles. The molecule has 0 radical (unpaired) electrons. The summed E-state index contributed by atoms with van der Waals surface area (Å²) in [4.78, 5) is 3.96. The van der Waals surface area contributed by atoms with E-state index in [1.807, 2.05) is 0 Å². The van der Waals surface area contributed by atoms with Crippen molar-refractivity contribution in [3.05, 3.63) is 35.5 Å². The van der Waals surface area contributed by atoms with E-state index in [9.17, 15) is 16.8 Å². The first-order valence-corrected chi connectivity index (χ1v) is 9.54. The third-order valence-electron chi connectivity index (χ3n) is 2.53. The number of thiazole rings is 1. The van der Waals surface area contributed by atoms with Gasteiger partial charge in [-0.15, -0.1) is 0 Å². The monoisotopic (exact) mass is 347 g/mol. The molecule has 1 aromatic heterocycles. The molecule has 114 valence electrons. The average molecular weight is 347 g/mol. The van der Waals surface area contributed by atoms with Gasteiger partial charge in [0.2, 0.25) is 10.0 Å². The highest BCUT2D eigenvalue weighted by atomic mass is 32.2. The van der Waals surface area contributed by atoms with Crippen LogP contribution in [0.1, 0.15) is 11.3 Å². The van der Waals surface area contributed by atoms with Crippen molar-refractivity contribution in [3.8, 4) is 0 Å². The van der Waals surface area contributed by atoms with E-state index in [2.05, 4.69) is 9.71 Å². The van der Waals surface area contributed by atoms with Gasteiger partial charge in [0.15, 0.2) is 9.34 Å². The van der Waals surface area contributed by atoms with Gasteiger partial charge in [0.1, 0.15) is 0 Å². The number of aromatic nitrogens is 1. The fourth-order valence-electron chi connectivity index (χ4n) is 1.65. The average Bonchev–Trinajstić information content (AvgIpc) is 2.69. The Bertz CT molecular complexity index is 885. The maximum Gasteiger partial charge on any atom is 0.263 e. The zero-order chi connectivity index (χ0) is 15.8. The van der Waals surface area contributed by atoms with E-state index in [1.165, 1.54) is 19.1 Å². The van der Waals surface area contributed by atoms with Gasteiger partial charge >= 0.3 is 0 Å². The Morgan fingerprint density at radius 3 is 2.38 bits per heavy atom. The second kappa shape index (κ2) is 5.37. The van der Waals surface area contributed by atoms with Crippen LogP contribution >= 0.6 is 11.3 Å². The molecular formula is C11H13N3O4S3. The smallest absolute Gasteiger partial charge is 0.255 e. The van der Waals surface area contributed by atoms with E-state index < -0.39 is 20.0 Å². The zero-order valence-corrected chi connectivity index (χ0v) is 13.6. The maximum absolute atomic E-state index is 12.2. The van der Waals surface area contributed by atoms with Crippen LogP contribution in [-0.2, 0) is 20.0 Å². The van der Waals surface area contributed by atoms with Crippen LogP contribution in [0.2, 0.25) is 0 Å². The Hall–Kier alpha value is -1.49. The molecule has 0 aliphatic carbocycles. The summed E-state index contributed by atoms with van der Waals surface area (Å²) in [5, 5.41) is 4.99. The fraction of sp³-hybridized carbons (Fsp3) is 0.182. The molecule has 0 fully saturated rings. The van der Waals surface area contributed by atoms with Crippen molar-refractivity contribution in [2.24, 2.45) is 5.14 Å². The molecule has 0 atom stereocenters. The van der Waals surface area contributed by atoms with Crippen LogP contribution in [0.5, 0.6) is 0 Å². The molecule has 0 saturated heterocycles. The maximum atomic E-state index is 12.2. The van der Waals surface area contributed by atoms with Gasteiger partial charge in [-0.05, 0) is 31.5 Å². The molecule has 0 bridgehead atoms. The first-order valence-electron chi connectivity index (χ1n) is 5.69. The Kier molecular flexibility index (Phi) is 4.06. The number of rotatable bonds is 4. The standard InChI is InChI=1S/C11H13N3O4S3/c1-7-4-3-5-9(6-7)21(17,18)14-11-13-8(2)10(19-11)20(12,15)16/h3-6H,1-2H3,(H,13,14)(H2,12,15,16). The Morgan fingerprint density at radius 2 is 1.86 bits per heavy atom. The summed E-state index contributed by atoms with van der Waals surface area (Å²) in [7, 11) is -7.74. The van der Waals surface area contributed by atoms with Crippen LogP contribution in [0.15, 0.2) is 33.4 Å². The predicted molar refractivity (Wildman–Crippen MR) is 80.2 cm³/mol. The highest BCUT2D eigenvalue weighted by molar-refractivity contribution is 7.93. The summed E-state index contributed by atoms with van der Waals surface area (Å²) in [5.41, 5.74) is 0.947. The van der Waals surface area contributed by atoms with Crippen molar-refractivity contribution in [2.75, 3.05) is 4.72 Å². The largest absolute Gasteiger partial charge is 0.263 e. The van der Waals surface area contributed by atoms with Crippen molar-refractivity contribution < 1.29 is 16.8 Å². The minimum Gasteiger partial charge on any atom is -0.255 e. The lowest BCUT2D eigenvalue weighted by Gasteiger charge is -2.05. The third kappa shape index (κ3) is 3.59. The van der Waals surface area contributed by atoms with Crippen LogP contribution in [0, 0.1) is 13.8 Å². The van der Waals surface area contributed by atoms with Crippen molar-refractivity contribution >= 4 is 36.5 Å². The number of hydrogen-bond donors (Lipinski definition) is 2. The number of nitrogens with zero attached hydrogens (tertiary/aromatic N) is 1. The summed E-state index contributed by atoms with van der Waals surface area (Å²) in [6, 6.07) is 6.33. The Labute approximate surface area is 126 Å². The van der Waals surface area contributed by atoms with Crippen LogP contribution in [0.25, 0.3) is 0 Å². The summed E-state index contributed by atoms with van der Waals surface area (Å²) in [5.74, 6) is 0. The number of anilines is 1. The van der Waals surface area contributed by atoms with Crippen molar-refractivity contribution in [3.63, 3.8) is 0 Å². The number of aryl methyl sites for hydroxylation is 2. The molecule has 2 aromatic rings. The number of primary sulfonamides is 1. The van der Waals surface area contributed by atoms with Crippen LogP contribution in [-0.4, -0.2) is 21.8 Å². The molecule has 0 unspecified atom stereocenters. The zero-order valence-electron chi connectivity index (χ0n) is 11.2. The lowest BCUT2D eigenvalue weighted by molar-refractivity contribution is 0.598. The number of benzene rings is 1. The topological polar surface area (TPSA) is 119 Å². The van der Waals surface area contributed by atoms with Gasteiger partial charge in [-0.3, -0.25) is 4.72 Å². The highest BCUT2D eigenvalue weighted by Gasteiger charge is 2.21. The van der Waals surface area contributed by atoms with Crippen molar-refractivity contribution in [2.45, 2.75) is 23.0 Å². The molecule has 0 aliphatic heterocycles. The summed E-state index contributed by atoms with van der Waals surface area (Å²) >= 11 is 0.678. The highest BCUT2D eigenvalue weighted by Crippen LogP contribution is 2.27. The number of sulfonamides is 2. The van der Waals surface area contributed by atoms with Gasteiger partial charge in [-0.25, -0.2) is 27.0 Å². The van der Waals surface area contributed by atoms with Crippen LogP contribution in [0.4, 0.5) is 5.13 Å². The van der Waals surface area contributed by atoms with Gasteiger partial charge in [0, 0.05) is 0 Å². The molecule has 7 nitrogen and oxygen atoms in total. The summed E-state index contributed by atoms with van der Waals surface area (Å²) in [6.07, 6.45) is 0. The van der Waals surface area contributed by atoms with Gasteiger partial charge in [-0.1, -0.05) is 23.5 Å². The van der Waals surface area contributed by atoms with E-state index >= 15 is 0 Å². The summed E-state index contributed by atoms with van der Waals surface area (Å²) < 4.78 is 49.1. The fourth-order valence-corrected chi connectivity index (χ4v) is 4.84. The minimum atomic E-state index is -3.92. The molecule has 1 heterocycles. The Balaban J connectivity index is 2.38. The van der Waals surface area contributed by atoms with Crippen LogP contribution in [0.3, 0.4) is 0 Å². The minimum absolute atomic E-state index is 0.0435. The first-order chi connectivity index (χ1) is 9.59. The molecule has 0 aliphatic rings. The summed E-state index contributed by atoms with van der Waals surface area (Å²) in [6.45, 7) is 3.21. The molecule has 10 heteroatoms. The third-order valence-corrected chi connectivity index (χ3v) is 6.63. The molecule has 0 spiro atoms. The number of nitrogens with one attached hydrogen (secondary N) is 1. The van der Waals surface area contributed by atoms with E-state index in [-0.39, 0.29) is 19.9 Å². The molecule has 3 N–H and O–H groups in total. The quantitative estimate of drug-likeness (QED) is 0.861. The van der Waals surface area contributed by atoms with E-state index in [0.29, 0.717) is 11.3 Å². The van der Waals surface area contributed by atoms with Crippen LogP contribution < -0.4 is 9.86 Å². The molecule has 21 heavy (non-hydrogen) atoms. The lowest BCUT2D eigenvalue weighted by atomic mass is 10.2. The Morgan fingerprint density at radius 1 is 1.19 bits per heavy atom. The van der Waals surface area contributed by atoms with Crippen molar-refractivity contribution in [1.29, 1.82) is 0 Å². The van der Waals surface area contributed by atoms with Gasteiger partial charge in [0.25, 0.3) is 10.0 Å². The van der Waals surface area contributed by atoms with Gasteiger partial charge in [0.05, 0.1) is 10.6 Å². The van der Waals surface area contributed by atoms with Gasteiger partial charge in [-0.2, -0.15) is 0 Å². The lowest BCUT2D eigenvalue weighted by Crippen LogP contribution is -2.12. The second-order valence-electron chi connectivity index (χ2n) is 4.36. The number of hydrogen-bond acceptors (Lipinski definition) is 6. The first kappa shape index (κ1) is 15.9.